The van der Waals surface area contributed by atoms with Crippen molar-refractivity contribution in [3.63, 3.8) is 0 Å². The Bertz CT molecular complexity index is 200. The molecule has 0 radical (unpaired) electrons. The van der Waals surface area contributed by atoms with E-state index in [2.05, 4.69) is 0 Å². The lowest BCUT2D eigenvalue weighted by molar-refractivity contribution is -0.251. The molecule has 0 aliphatic carbocycles. The third kappa shape index (κ3) is 2.97. The number of hydrogen-bond donors (Lipinski definition) is 1. The Labute approximate surface area is 77.8 Å². The number of carbonyl (C=O) groups is 1. The molecular weight excluding hydrogens is 172 g/mol. The summed E-state index contributed by atoms with van der Waals surface area (Å²) in [6.07, 6.45) is -0.0753. The van der Waals surface area contributed by atoms with Gasteiger partial charge in [0.2, 0.25) is 0 Å². The van der Waals surface area contributed by atoms with Crippen molar-refractivity contribution in [2.24, 2.45) is 0 Å². The molecule has 0 saturated carbocycles. The maximum atomic E-state index is 10.6. The minimum absolute atomic E-state index is 0.323. The molecule has 0 aromatic rings. The van der Waals surface area contributed by atoms with Crippen molar-refractivity contribution in [2.75, 3.05) is 0 Å². The number of carbonyl (C=O) groups excluding carboxylic acids is 1. The van der Waals surface area contributed by atoms with Gasteiger partial charge >= 0.3 is 5.97 Å². The van der Waals surface area contributed by atoms with E-state index in [1.807, 2.05) is 13.8 Å². The van der Waals surface area contributed by atoms with Gasteiger partial charge in [-0.25, -0.2) is 0 Å². The average molecular weight is 188 g/mol. The topological polar surface area (TPSA) is 55.8 Å². The molecule has 1 unspecified atom stereocenters. The number of aliphatic hydroxyl groups excluding tert-OH is 1. The van der Waals surface area contributed by atoms with E-state index >= 15 is 0 Å². The number of esters is 1. The SMILES string of the molecule is CC(=O)O[C@H]1CCC(C)(C)OC1O. The zero-order valence-electron chi connectivity index (χ0n) is 8.24. The van der Waals surface area contributed by atoms with E-state index in [0.29, 0.717) is 6.42 Å². The first-order valence-electron chi connectivity index (χ1n) is 4.44. The maximum absolute atomic E-state index is 10.6. The molecule has 0 bridgehead atoms. The van der Waals surface area contributed by atoms with Crippen LogP contribution in [0.3, 0.4) is 0 Å². The van der Waals surface area contributed by atoms with E-state index in [-0.39, 0.29) is 11.6 Å². The van der Waals surface area contributed by atoms with Gasteiger partial charge < -0.3 is 14.6 Å². The Balaban J connectivity index is 2.49. The van der Waals surface area contributed by atoms with Crippen LogP contribution in [0, 0.1) is 0 Å². The van der Waals surface area contributed by atoms with Crippen molar-refractivity contribution in [1.29, 1.82) is 0 Å². The summed E-state index contributed by atoms with van der Waals surface area (Å²) in [5, 5.41) is 9.45. The second-order valence-electron chi connectivity index (χ2n) is 3.95. The summed E-state index contributed by atoms with van der Waals surface area (Å²) in [4.78, 5) is 10.6. The summed E-state index contributed by atoms with van der Waals surface area (Å²) in [6.45, 7) is 5.13. The lowest BCUT2D eigenvalue weighted by Gasteiger charge is -2.37. The fourth-order valence-electron chi connectivity index (χ4n) is 1.42. The van der Waals surface area contributed by atoms with E-state index in [1.165, 1.54) is 6.92 Å². The zero-order valence-corrected chi connectivity index (χ0v) is 8.24. The largest absolute Gasteiger partial charge is 0.457 e. The van der Waals surface area contributed by atoms with Crippen LogP contribution in [0.25, 0.3) is 0 Å². The van der Waals surface area contributed by atoms with Crippen LogP contribution in [0.2, 0.25) is 0 Å². The molecule has 0 amide bonds. The van der Waals surface area contributed by atoms with Crippen molar-refractivity contribution in [3.8, 4) is 0 Å². The van der Waals surface area contributed by atoms with Gasteiger partial charge in [-0.3, -0.25) is 4.79 Å². The van der Waals surface area contributed by atoms with Crippen LogP contribution in [0.4, 0.5) is 0 Å². The molecule has 1 N–H and O–H groups in total. The summed E-state index contributed by atoms with van der Waals surface area (Å²) in [7, 11) is 0. The summed E-state index contributed by atoms with van der Waals surface area (Å²) >= 11 is 0. The predicted octanol–water partition coefficient (Wildman–Crippen LogP) is 0.825. The molecule has 1 aliphatic heterocycles. The van der Waals surface area contributed by atoms with Gasteiger partial charge in [0.05, 0.1) is 5.60 Å². The van der Waals surface area contributed by atoms with Crippen LogP contribution in [0.1, 0.15) is 33.6 Å². The smallest absolute Gasteiger partial charge is 0.303 e. The standard InChI is InChI=1S/C9H16O4/c1-6(10)12-7-4-5-9(2,3)13-8(7)11/h7-8,11H,4-5H2,1-3H3/t7-,8?/m0/s1. The maximum Gasteiger partial charge on any atom is 0.303 e. The first-order valence-corrected chi connectivity index (χ1v) is 4.44. The third-order valence-corrected chi connectivity index (χ3v) is 2.11. The molecule has 1 fully saturated rings. The summed E-state index contributed by atoms with van der Waals surface area (Å²) in [6, 6.07) is 0. The lowest BCUT2D eigenvalue weighted by atomic mass is 9.96. The van der Waals surface area contributed by atoms with Gasteiger partial charge in [-0.1, -0.05) is 0 Å². The average Bonchev–Trinajstić information content (AvgIpc) is 1.93. The summed E-state index contributed by atoms with van der Waals surface area (Å²) in [5.41, 5.74) is -0.323. The van der Waals surface area contributed by atoms with Gasteiger partial charge in [0.1, 0.15) is 0 Å². The van der Waals surface area contributed by atoms with Gasteiger partial charge in [0.25, 0.3) is 0 Å². The highest BCUT2D eigenvalue weighted by molar-refractivity contribution is 5.66. The highest BCUT2D eigenvalue weighted by Crippen LogP contribution is 2.28. The molecule has 0 aromatic carbocycles. The molecule has 1 saturated heterocycles. The minimum atomic E-state index is -0.993. The lowest BCUT2D eigenvalue weighted by Crippen LogP contribution is -2.45. The number of rotatable bonds is 1. The number of aliphatic hydroxyl groups is 1. The quantitative estimate of drug-likeness (QED) is 0.619. The van der Waals surface area contributed by atoms with Crippen molar-refractivity contribution < 1.29 is 19.4 Å². The molecule has 76 valence electrons. The number of ether oxygens (including phenoxy) is 2. The van der Waals surface area contributed by atoms with Crippen LogP contribution in [-0.4, -0.2) is 29.1 Å². The van der Waals surface area contributed by atoms with Crippen LogP contribution in [-0.2, 0) is 14.3 Å². The molecule has 0 spiro atoms. The fraction of sp³-hybridized carbons (Fsp3) is 0.889. The van der Waals surface area contributed by atoms with Crippen LogP contribution in [0.5, 0.6) is 0 Å². The molecule has 0 aromatic heterocycles. The van der Waals surface area contributed by atoms with Crippen molar-refractivity contribution >= 4 is 5.97 Å². The van der Waals surface area contributed by atoms with Gasteiger partial charge in [0, 0.05) is 6.92 Å². The monoisotopic (exact) mass is 188 g/mol. The van der Waals surface area contributed by atoms with E-state index in [4.69, 9.17) is 9.47 Å². The Morgan fingerprint density at radius 1 is 1.62 bits per heavy atom. The van der Waals surface area contributed by atoms with E-state index < -0.39 is 12.4 Å². The normalized spacial score (nSPS) is 32.6. The Morgan fingerprint density at radius 2 is 2.23 bits per heavy atom. The van der Waals surface area contributed by atoms with Gasteiger partial charge in [-0.2, -0.15) is 0 Å². The summed E-state index contributed by atoms with van der Waals surface area (Å²) in [5.74, 6) is -0.382. The minimum Gasteiger partial charge on any atom is -0.457 e. The van der Waals surface area contributed by atoms with Crippen LogP contribution in [0.15, 0.2) is 0 Å². The van der Waals surface area contributed by atoms with Crippen molar-refractivity contribution in [3.05, 3.63) is 0 Å². The van der Waals surface area contributed by atoms with Crippen molar-refractivity contribution in [2.45, 2.75) is 51.6 Å². The summed E-state index contributed by atoms with van der Waals surface area (Å²) < 4.78 is 10.1. The van der Waals surface area contributed by atoms with E-state index in [9.17, 15) is 9.90 Å². The van der Waals surface area contributed by atoms with Crippen molar-refractivity contribution in [1.82, 2.24) is 0 Å². The Morgan fingerprint density at radius 3 is 2.69 bits per heavy atom. The molecular formula is C9H16O4. The molecule has 1 rings (SSSR count). The van der Waals surface area contributed by atoms with E-state index in [0.717, 1.165) is 6.42 Å². The predicted molar refractivity (Wildman–Crippen MR) is 46.0 cm³/mol. The molecule has 1 aliphatic rings. The molecule has 2 atom stereocenters. The van der Waals surface area contributed by atoms with E-state index in [1.54, 1.807) is 0 Å². The molecule has 4 heteroatoms. The first kappa shape index (κ1) is 10.5. The van der Waals surface area contributed by atoms with Gasteiger partial charge in [-0.05, 0) is 26.7 Å². The van der Waals surface area contributed by atoms with Crippen LogP contribution >= 0.6 is 0 Å². The van der Waals surface area contributed by atoms with Gasteiger partial charge in [-0.15, -0.1) is 0 Å². The zero-order chi connectivity index (χ0) is 10.1. The fourth-order valence-corrected chi connectivity index (χ4v) is 1.42. The molecule has 4 nitrogen and oxygen atoms in total. The highest BCUT2D eigenvalue weighted by atomic mass is 16.7. The van der Waals surface area contributed by atoms with Gasteiger partial charge in [0.15, 0.2) is 12.4 Å². The second kappa shape index (κ2) is 3.64. The first-order chi connectivity index (χ1) is 5.91. The second-order valence-corrected chi connectivity index (χ2v) is 3.95. The Hall–Kier alpha value is -0.610. The molecule has 1 heterocycles. The Kier molecular flexibility index (Phi) is 2.93. The highest BCUT2D eigenvalue weighted by Gasteiger charge is 2.36. The van der Waals surface area contributed by atoms with Crippen LogP contribution < -0.4 is 0 Å². The third-order valence-electron chi connectivity index (χ3n) is 2.11. The number of hydrogen-bond acceptors (Lipinski definition) is 4. The molecule has 13 heavy (non-hydrogen) atoms.